The quantitative estimate of drug-likeness (QED) is 0.937. The summed E-state index contributed by atoms with van der Waals surface area (Å²) in [4.78, 5) is 14.1. The third-order valence-electron chi connectivity index (χ3n) is 4.70. The van der Waals surface area contributed by atoms with Gasteiger partial charge in [0, 0.05) is 49.7 Å². The van der Waals surface area contributed by atoms with Crippen LogP contribution >= 0.6 is 0 Å². The van der Waals surface area contributed by atoms with Crippen LogP contribution in [-0.4, -0.2) is 42.2 Å². The van der Waals surface area contributed by atoms with Gasteiger partial charge in [-0.15, -0.1) is 0 Å². The minimum absolute atomic E-state index is 0.616. The highest BCUT2D eigenvalue weighted by atomic mass is 15.3. The molecule has 2 aliphatic rings. The number of piperazine rings is 1. The van der Waals surface area contributed by atoms with E-state index in [1.807, 2.05) is 13.0 Å². The third-order valence-corrected chi connectivity index (χ3v) is 4.70. The van der Waals surface area contributed by atoms with E-state index >= 15 is 0 Å². The van der Waals surface area contributed by atoms with E-state index in [0.29, 0.717) is 6.04 Å². The Bertz CT molecular complexity index is 717. The molecule has 0 bridgehead atoms. The molecule has 1 aliphatic carbocycles. The van der Waals surface area contributed by atoms with E-state index in [1.54, 1.807) is 0 Å². The molecule has 1 aromatic carbocycles. The number of benzene rings is 1. The molecule has 24 heavy (non-hydrogen) atoms. The molecule has 2 fully saturated rings. The van der Waals surface area contributed by atoms with E-state index in [4.69, 9.17) is 4.98 Å². The minimum Gasteiger partial charge on any atom is -0.368 e. The fourth-order valence-electron chi connectivity index (χ4n) is 3.19. The third kappa shape index (κ3) is 3.45. The number of hydrogen-bond acceptors (Lipinski definition) is 5. The maximum absolute atomic E-state index is 4.73. The summed E-state index contributed by atoms with van der Waals surface area (Å²) < 4.78 is 0. The number of anilines is 3. The molecule has 0 unspecified atom stereocenters. The Hall–Kier alpha value is -2.30. The van der Waals surface area contributed by atoms with E-state index in [1.165, 1.54) is 24.1 Å². The van der Waals surface area contributed by atoms with Crippen molar-refractivity contribution in [2.24, 2.45) is 0 Å². The first-order chi connectivity index (χ1) is 11.7. The number of nitrogens with one attached hydrogen (secondary N) is 1. The van der Waals surface area contributed by atoms with Crippen molar-refractivity contribution in [2.75, 3.05) is 41.3 Å². The zero-order valence-electron chi connectivity index (χ0n) is 14.5. The average Bonchev–Trinajstić information content (AvgIpc) is 3.38. The largest absolute Gasteiger partial charge is 0.368 e. The van der Waals surface area contributed by atoms with Gasteiger partial charge in [-0.3, -0.25) is 0 Å². The van der Waals surface area contributed by atoms with Gasteiger partial charge in [0.15, 0.2) is 0 Å². The minimum atomic E-state index is 0.616. The Morgan fingerprint density at radius 1 is 0.958 bits per heavy atom. The molecule has 1 aromatic heterocycles. The highest BCUT2D eigenvalue weighted by Gasteiger charge is 2.23. The van der Waals surface area contributed by atoms with E-state index in [-0.39, 0.29) is 0 Å². The number of aryl methyl sites for hydroxylation is 2. The van der Waals surface area contributed by atoms with Crippen molar-refractivity contribution in [3.05, 3.63) is 41.6 Å². The summed E-state index contributed by atoms with van der Waals surface area (Å²) in [6, 6.07) is 11.4. The normalized spacial score (nSPS) is 17.9. The van der Waals surface area contributed by atoms with Gasteiger partial charge in [0.25, 0.3) is 0 Å². The molecule has 0 radical (unpaired) electrons. The molecule has 0 atom stereocenters. The Labute approximate surface area is 143 Å². The summed E-state index contributed by atoms with van der Waals surface area (Å²) in [5, 5.41) is 3.49. The second-order valence-electron chi connectivity index (χ2n) is 6.93. The van der Waals surface area contributed by atoms with Gasteiger partial charge in [0.1, 0.15) is 5.82 Å². The molecule has 126 valence electrons. The molecule has 0 amide bonds. The van der Waals surface area contributed by atoms with E-state index in [0.717, 1.165) is 43.6 Å². The summed E-state index contributed by atoms with van der Waals surface area (Å²) >= 11 is 0. The zero-order chi connectivity index (χ0) is 16.5. The van der Waals surface area contributed by atoms with E-state index in [2.05, 4.69) is 51.3 Å². The highest BCUT2D eigenvalue weighted by molar-refractivity contribution is 5.51. The average molecular weight is 323 g/mol. The molecule has 2 heterocycles. The molecule has 5 heteroatoms. The summed E-state index contributed by atoms with van der Waals surface area (Å²) in [6.45, 7) is 8.12. The number of rotatable bonds is 4. The highest BCUT2D eigenvalue weighted by Crippen LogP contribution is 2.25. The molecule has 1 saturated heterocycles. The molecule has 1 aliphatic heterocycles. The molecule has 2 aromatic rings. The fraction of sp³-hybridized carbons (Fsp3) is 0.474. The van der Waals surface area contributed by atoms with Gasteiger partial charge in [0.2, 0.25) is 5.95 Å². The Morgan fingerprint density at radius 2 is 1.71 bits per heavy atom. The Kier molecular flexibility index (Phi) is 4.00. The number of aromatic nitrogens is 2. The first kappa shape index (κ1) is 15.2. The van der Waals surface area contributed by atoms with Crippen LogP contribution in [0, 0.1) is 13.8 Å². The van der Waals surface area contributed by atoms with Crippen LogP contribution in [0.25, 0.3) is 0 Å². The molecule has 4 rings (SSSR count). The van der Waals surface area contributed by atoms with Gasteiger partial charge in [0.05, 0.1) is 0 Å². The van der Waals surface area contributed by atoms with Crippen LogP contribution < -0.4 is 15.1 Å². The summed E-state index contributed by atoms with van der Waals surface area (Å²) in [5.41, 5.74) is 3.66. The predicted molar refractivity (Wildman–Crippen MR) is 99.0 cm³/mol. The van der Waals surface area contributed by atoms with Crippen molar-refractivity contribution in [1.82, 2.24) is 9.97 Å². The van der Waals surface area contributed by atoms with Crippen molar-refractivity contribution in [1.29, 1.82) is 0 Å². The topological polar surface area (TPSA) is 44.3 Å². The van der Waals surface area contributed by atoms with Gasteiger partial charge >= 0.3 is 0 Å². The fourth-order valence-corrected chi connectivity index (χ4v) is 3.19. The maximum Gasteiger partial charge on any atom is 0.227 e. The lowest BCUT2D eigenvalue weighted by Gasteiger charge is -2.36. The summed E-state index contributed by atoms with van der Waals surface area (Å²) in [6.07, 6.45) is 2.51. The molecule has 1 saturated carbocycles. The van der Waals surface area contributed by atoms with E-state index < -0.39 is 0 Å². The van der Waals surface area contributed by atoms with Gasteiger partial charge < -0.3 is 15.1 Å². The van der Waals surface area contributed by atoms with Crippen LogP contribution in [-0.2, 0) is 0 Å². The lowest BCUT2D eigenvalue weighted by Crippen LogP contribution is -2.47. The van der Waals surface area contributed by atoms with Crippen molar-refractivity contribution in [3.63, 3.8) is 0 Å². The van der Waals surface area contributed by atoms with Crippen LogP contribution in [0.1, 0.15) is 24.1 Å². The standard InChI is InChI=1S/C19H25N5/c1-14-4-3-5-17(12-14)23-8-10-24(11-9-23)19-20-15(2)13-18(22-19)21-16-6-7-16/h3-5,12-13,16H,6-11H2,1-2H3,(H,20,21,22). The molecule has 0 spiro atoms. The first-order valence-electron chi connectivity index (χ1n) is 8.86. The van der Waals surface area contributed by atoms with E-state index in [9.17, 15) is 0 Å². The summed E-state index contributed by atoms with van der Waals surface area (Å²) in [7, 11) is 0. The SMILES string of the molecule is Cc1cccc(N2CCN(c3nc(C)cc(NC4CC4)n3)CC2)c1. The molecular formula is C19H25N5. The molecule has 5 nitrogen and oxygen atoms in total. The zero-order valence-corrected chi connectivity index (χ0v) is 14.5. The summed E-state index contributed by atoms with van der Waals surface area (Å²) in [5.74, 6) is 1.84. The van der Waals surface area contributed by atoms with Crippen molar-refractivity contribution >= 4 is 17.5 Å². The van der Waals surface area contributed by atoms with Crippen molar-refractivity contribution in [2.45, 2.75) is 32.7 Å². The van der Waals surface area contributed by atoms with Gasteiger partial charge in [-0.2, -0.15) is 4.98 Å². The van der Waals surface area contributed by atoms with Gasteiger partial charge in [-0.1, -0.05) is 12.1 Å². The second kappa shape index (κ2) is 6.30. The monoisotopic (exact) mass is 323 g/mol. The number of nitrogens with zero attached hydrogens (tertiary/aromatic N) is 4. The first-order valence-corrected chi connectivity index (χ1v) is 8.86. The van der Waals surface area contributed by atoms with Gasteiger partial charge in [-0.25, -0.2) is 4.98 Å². The van der Waals surface area contributed by atoms with Gasteiger partial charge in [-0.05, 0) is 44.4 Å². The molecular weight excluding hydrogens is 298 g/mol. The Balaban J connectivity index is 1.44. The van der Waals surface area contributed by atoms with Crippen molar-refractivity contribution in [3.8, 4) is 0 Å². The lowest BCUT2D eigenvalue weighted by molar-refractivity contribution is 0.639. The Morgan fingerprint density at radius 3 is 2.42 bits per heavy atom. The molecule has 1 N–H and O–H groups in total. The predicted octanol–water partition coefficient (Wildman–Crippen LogP) is 2.99. The van der Waals surface area contributed by atoms with Crippen LogP contribution in [0.2, 0.25) is 0 Å². The smallest absolute Gasteiger partial charge is 0.227 e. The van der Waals surface area contributed by atoms with Crippen LogP contribution in [0.5, 0.6) is 0 Å². The van der Waals surface area contributed by atoms with Crippen LogP contribution in [0.4, 0.5) is 17.5 Å². The maximum atomic E-state index is 4.73. The number of hydrogen-bond donors (Lipinski definition) is 1. The van der Waals surface area contributed by atoms with Crippen LogP contribution in [0.3, 0.4) is 0 Å². The van der Waals surface area contributed by atoms with Crippen LogP contribution in [0.15, 0.2) is 30.3 Å². The lowest BCUT2D eigenvalue weighted by atomic mass is 10.2. The van der Waals surface area contributed by atoms with Crippen molar-refractivity contribution < 1.29 is 0 Å². The second-order valence-corrected chi connectivity index (χ2v) is 6.93.